The monoisotopic (exact) mass is 389 g/mol. The van der Waals surface area contributed by atoms with E-state index in [2.05, 4.69) is 30.9 Å². The molecule has 114 valence electrons. The quantitative estimate of drug-likeness (QED) is 0.568. The summed E-state index contributed by atoms with van der Waals surface area (Å²) < 4.78 is 40.4. The van der Waals surface area contributed by atoms with Gasteiger partial charge in [-0.15, -0.1) is 0 Å². The summed E-state index contributed by atoms with van der Waals surface area (Å²) in [7, 11) is 0. The van der Waals surface area contributed by atoms with E-state index in [-0.39, 0.29) is 11.0 Å². The van der Waals surface area contributed by atoms with Gasteiger partial charge in [0, 0.05) is 27.8 Å². The second kappa shape index (κ2) is 5.24. The smallest absolute Gasteiger partial charge is 0.360 e. The fourth-order valence-corrected chi connectivity index (χ4v) is 2.75. The Kier molecular flexibility index (Phi) is 3.65. The number of aryl methyl sites for hydroxylation is 1. The van der Waals surface area contributed by atoms with Crippen molar-refractivity contribution in [3.8, 4) is 11.3 Å². The lowest BCUT2D eigenvalue weighted by Crippen LogP contribution is -2.09. The molecule has 3 nitrogen and oxygen atoms in total. The molecule has 0 aliphatic rings. The molecule has 0 saturated heterocycles. The lowest BCUT2D eigenvalue weighted by Gasteiger charge is -2.11. The summed E-state index contributed by atoms with van der Waals surface area (Å²) in [5.74, 6) is 0. The highest BCUT2D eigenvalue weighted by Gasteiger charge is 2.36. The van der Waals surface area contributed by atoms with Gasteiger partial charge in [-0.1, -0.05) is 22.0 Å². The highest BCUT2D eigenvalue weighted by Crippen LogP contribution is 2.39. The molecule has 0 aliphatic heterocycles. The minimum atomic E-state index is -4.56. The molecular formula is C14H8BrClF3N3. The maximum atomic E-state index is 13.2. The molecule has 1 N–H and O–H groups in total. The second-order valence-corrected chi connectivity index (χ2v) is 5.89. The van der Waals surface area contributed by atoms with Crippen molar-refractivity contribution in [3.05, 3.63) is 45.4 Å². The molecule has 3 aromatic rings. The van der Waals surface area contributed by atoms with Crippen LogP contribution in [0.25, 0.3) is 22.2 Å². The van der Waals surface area contributed by atoms with E-state index in [1.165, 1.54) is 6.20 Å². The van der Waals surface area contributed by atoms with Crippen LogP contribution in [0, 0.1) is 6.92 Å². The minimum absolute atomic E-state index is 0.230. The Labute approximate surface area is 136 Å². The number of H-pyrrole nitrogens is 1. The Bertz CT molecular complexity index is 874. The van der Waals surface area contributed by atoms with E-state index in [1.54, 1.807) is 12.1 Å². The fourth-order valence-electron chi connectivity index (χ4n) is 2.29. The Morgan fingerprint density at radius 3 is 2.68 bits per heavy atom. The normalized spacial score (nSPS) is 12.1. The maximum Gasteiger partial charge on any atom is 0.419 e. The Hall–Kier alpha value is -1.60. The highest BCUT2D eigenvalue weighted by molar-refractivity contribution is 9.10. The molecule has 0 saturated carbocycles. The van der Waals surface area contributed by atoms with Gasteiger partial charge in [0.1, 0.15) is 5.56 Å². The number of hydrogen-bond acceptors (Lipinski definition) is 2. The van der Waals surface area contributed by atoms with Gasteiger partial charge in [0.05, 0.1) is 11.2 Å². The number of aromatic amines is 1. The number of nitrogens with zero attached hydrogens (tertiary/aromatic N) is 2. The summed E-state index contributed by atoms with van der Waals surface area (Å²) in [6.07, 6.45) is -2.36. The Morgan fingerprint density at radius 2 is 2.00 bits per heavy atom. The maximum absolute atomic E-state index is 13.2. The standard InChI is InChI=1S/C14H8BrClF3N3/c1-6-10(15)3-2-7-8(4-20-11(6)7)12-9(14(17,18)19)5-21-13(16)22-12/h2-5,20H,1H3. The van der Waals surface area contributed by atoms with E-state index in [0.29, 0.717) is 17.1 Å². The van der Waals surface area contributed by atoms with Gasteiger partial charge >= 0.3 is 6.18 Å². The van der Waals surface area contributed by atoms with Crippen LogP contribution in [0.3, 0.4) is 0 Å². The molecule has 2 heterocycles. The molecule has 22 heavy (non-hydrogen) atoms. The molecule has 0 spiro atoms. The van der Waals surface area contributed by atoms with Crippen molar-refractivity contribution in [1.29, 1.82) is 0 Å². The predicted molar refractivity (Wildman–Crippen MR) is 81.8 cm³/mol. The number of hydrogen-bond donors (Lipinski definition) is 1. The largest absolute Gasteiger partial charge is 0.419 e. The van der Waals surface area contributed by atoms with Gasteiger partial charge in [0.15, 0.2) is 0 Å². The van der Waals surface area contributed by atoms with Gasteiger partial charge in [-0.2, -0.15) is 13.2 Å². The van der Waals surface area contributed by atoms with Crippen molar-refractivity contribution in [2.45, 2.75) is 13.1 Å². The topological polar surface area (TPSA) is 41.6 Å². The van der Waals surface area contributed by atoms with Gasteiger partial charge < -0.3 is 4.98 Å². The van der Waals surface area contributed by atoms with Crippen molar-refractivity contribution in [2.75, 3.05) is 0 Å². The van der Waals surface area contributed by atoms with Gasteiger partial charge in [-0.25, -0.2) is 9.97 Å². The van der Waals surface area contributed by atoms with Gasteiger partial charge in [0.25, 0.3) is 0 Å². The number of rotatable bonds is 1. The average Bonchev–Trinajstić information content (AvgIpc) is 2.86. The summed E-state index contributed by atoms with van der Waals surface area (Å²) in [6, 6.07) is 3.51. The SMILES string of the molecule is Cc1c(Br)ccc2c(-c3nc(Cl)ncc3C(F)(F)F)c[nH]c12. The van der Waals surface area contributed by atoms with E-state index < -0.39 is 11.7 Å². The molecule has 0 unspecified atom stereocenters. The van der Waals surface area contributed by atoms with Gasteiger partial charge in [0.2, 0.25) is 5.28 Å². The lowest BCUT2D eigenvalue weighted by atomic mass is 10.0. The van der Waals surface area contributed by atoms with Crippen LogP contribution in [0.1, 0.15) is 11.1 Å². The first-order valence-corrected chi connectivity index (χ1v) is 7.32. The molecule has 0 radical (unpaired) electrons. The van der Waals surface area contributed by atoms with Crippen LogP contribution >= 0.6 is 27.5 Å². The fraction of sp³-hybridized carbons (Fsp3) is 0.143. The van der Waals surface area contributed by atoms with E-state index in [1.807, 2.05) is 6.92 Å². The lowest BCUT2D eigenvalue weighted by molar-refractivity contribution is -0.137. The number of aromatic nitrogens is 3. The predicted octanol–water partition coefficient (Wildman–Crippen LogP) is 5.37. The van der Waals surface area contributed by atoms with Crippen molar-refractivity contribution >= 4 is 38.4 Å². The Balaban J connectivity index is 2.33. The third-order valence-corrected chi connectivity index (χ3v) is 4.41. The molecular weight excluding hydrogens is 383 g/mol. The first-order valence-electron chi connectivity index (χ1n) is 6.15. The zero-order valence-electron chi connectivity index (χ0n) is 11.1. The summed E-state index contributed by atoms with van der Waals surface area (Å²) in [4.78, 5) is 10.2. The second-order valence-electron chi connectivity index (χ2n) is 4.70. The Morgan fingerprint density at radius 1 is 1.27 bits per heavy atom. The molecule has 0 atom stereocenters. The third-order valence-electron chi connectivity index (χ3n) is 3.37. The molecule has 2 aromatic heterocycles. The number of nitrogens with one attached hydrogen (secondary N) is 1. The van der Waals surface area contributed by atoms with Gasteiger partial charge in [-0.3, -0.25) is 0 Å². The van der Waals surface area contributed by atoms with Gasteiger partial charge in [-0.05, 0) is 30.2 Å². The third kappa shape index (κ3) is 2.48. The molecule has 1 aromatic carbocycles. The van der Waals surface area contributed by atoms with E-state index in [9.17, 15) is 13.2 Å². The van der Waals surface area contributed by atoms with Crippen molar-refractivity contribution in [2.24, 2.45) is 0 Å². The van der Waals surface area contributed by atoms with E-state index in [0.717, 1.165) is 15.6 Å². The average molecular weight is 391 g/mol. The molecule has 8 heteroatoms. The first-order chi connectivity index (χ1) is 10.3. The van der Waals surface area contributed by atoms with Crippen LogP contribution in [0.5, 0.6) is 0 Å². The number of fused-ring (bicyclic) bond motifs is 1. The van der Waals surface area contributed by atoms with Crippen LogP contribution in [-0.2, 0) is 6.18 Å². The van der Waals surface area contributed by atoms with Crippen LogP contribution in [0.4, 0.5) is 13.2 Å². The summed E-state index contributed by atoms with van der Waals surface area (Å²) in [6.45, 7) is 1.87. The number of alkyl halides is 3. The molecule has 0 amide bonds. The van der Waals surface area contributed by atoms with Crippen molar-refractivity contribution in [1.82, 2.24) is 15.0 Å². The number of halogens is 5. The van der Waals surface area contributed by atoms with Crippen molar-refractivity contribution in [3.63, 3.8) is 0 Å². The number of benzene rings is 1. The zero-order valence-corrected chi connectivity index (χ0v) is 13.4. The van der Waals surface area contributed by atoms with Crippen LogP contribution in [-0.4, -0.2) is 15.0 Å². The molecule has 0 aliphatic carbocycles. The highest BCUT2D eigenvalue weighted by atomic mass is 79.9. The molecule has 0 bridgehead atoms. The van der Waals surface area contributed by atoms with Crippen LogP contribution < -0.4 is 0 Å². The first kappa shape index (κ1) is 15.3. The summed E-state index contributed by atoms with van der Waals surface area (Å²) in [5.41, 5.74) is 0.825. The molecule has 3 rings (SSSR count). The van der Waals surface area contributed by atoms with Crippen molar-refractivity contribution < 1.29 is 13.2 Å². The minimum Gasteiger partial charge on any atom is -0.360 e. The van der Waals surface area contributed by atoms with E-state index >= 15 is 0 Å². The van der Waals surface area contributed by atoms with E-state index in [4.69, 9.17) is 11.6 Å². The summed E-state index contributed by atoms with van der Waals surface area (Å²) in [5, 5.41) is 0.409. The molecule has 0 fully saturated rings. The zero-order chi connectivity index (χ0) is 16.1. The van der Waals surface area contributed by atoms with Crippen LogP contribution in [0.15, 0.2) is 29.0 Å². The summed E-state index contributed by atoms with van der Waals surface area (Å²) >= 11 is 9.08. The van der Waals surface area contributed by atoms with Crippen LogP contribution in [0.2, 0.25) is 5.28 Å².